The summed E-state index contributed by atoms with van der Waals surface area (Å²) in [5.74, 6) is 0.833. The topological polar surface area (TPSA) is 34.1 Å². The SMILES string of the molecule is COC1(c2nc(CNC3CC3)cs2)CCC(C)CC1. The number of rotatable bonds is 5. The molecule has 0 aromatic carbocycles. The van der Waals surface area contributed by atoms with Crippen molar-refractivity contribution in [1.29, 1.82) is 0 Å². The molecule has 0 saturated heterocycles. The van der Waals surface area contributed by atoms with Crippen LogP contribution < -0.4 is 5.32 Å². The van der Waals surface area contributed by atoms with E-state index in [4.69, 9.17) is 9.72 Å². The van der Waals surface area contributed by atoms with E-state index in [1.165, 1.54) is 36.4 Å². The molecular formula is C15H24N2OS. The third-order valence-corrected chi connectivity index (χ3v) is 5.64. The minimum Gasteiger partial charge on any atom is -0.371 e. The molecule has 0 atom stereocenters. The molecule has 106 valence electrons. The molecule has 1 heterocycles. The summed E-state index contributed by atoms with van der Waals surface area (Å²) in [5.41, 5.74) is 1.08. The number of aromatic nitrogens is 1. The van der Waals surface area contributed by atoms with Gasteiger partial charge in [0.15, 0.2) is 0 Å². The number of hydrogen-bond donors (Lipinski definition) is 1. The molecule has 0 amide bonds. The first-order valence-electron chi connectivity index (χ1n) is 7.45. The van der Waals surface area contributed by atoms with Gasteiger partial charge in [0.2, 0.25) is 0 Å². The highest BCUT2D eigenvalue weighted by Gasteiger charge is 2.38. The Morgan fingerprint density at radius 1 is 1.37 bits per heavy atom. The summed E-state index contributed by atoms with van der Waals surface area (Å²) in [6.45, 7) is 3.25. The average molecular weight is 280 g/mol. The third-order valence-electron chi connectivity index (χ3n) is 4.56. The first-order chi connectivity index (χ1) is 9.22. The number of hydrogen-bond acceptors (Lipinski definition) is 4. The van der Waals surface area contributed by atoms with Crippen LogP contribution in [0.25, 0.3) is 0 Å². The Morgan fingerprint density at radius 2 is 2.11 bits per heavy atom. The van der Waals surface area contributed by atoms with E-state index in [9.17, 15) is 0 Å². The van der Waals surface area contributed by atoms with Gasteiger partial charge in [-0.05, 0) is 44.4 Å². The molecule has 0 spiro atoms. The van der Waals surface area contributed by atoms with E-state index < -0.39 is 0 Å². The van der Waals surface area contributed by atoms with Crippen molar-refractivity contribution in [2.24, 2.45) is 5.92 Å². The minimum atomic E-state index is -0.102. The lowest BCUT2D eigenvalue weighted by Gasteiger charge is -2.36. The van der Waals surface area contributed by atoms with Gasteiger partial charge in [0.1, 0.15) is 10.6 Å². The molecule has 0 unspecified atom stereocenters. The van der Waals surface area contributed by atoms with Gasteiger partial charge in [-0.25, -0.2) is 4.98 Å². The van der Waals surface area contributed by atoms with Crippen molar-refractivity contribution in [3.63, 3.8) is 0 Å². The smallest absolute Gasteiger partial charge is 0.125 e. The molecule has 1 N–H and O–H groups in total. The molecule has 3 rings (SSSR count). The average Bonchev–Trinajstić information content (AvgIpc) is 3.15. The molecule has 1 aromatic heterocycles. The Hall–Kier alpha value is -0.450. The maximum absolute atomic E-state index is 5.89. The van der Waals surface area contributed by atoms with Gasteiger partial charge in [-0.3, -0.25) is 0 Å². The van der Waals surface area contributed by atoms with Gasteiger partial charge in [0.25, 0.3) is 0 Å². The molecule has 0 radical (unpaired) electrons. The molecule has 2 saturated carbocycles. The molecule has 0 bridgehead atoms. The van der Waals surface area contributed by atoms with Crippen molar-refractivity contribution >= 4 is 11.3 Å². The van der Waals surface area contributed by atoms with Crippen LogP contribution in [0, 0.1) is 5.92 Å². The molecule has 4 heteroatoms. The van der Waals surface area contributed by atoms with Crippen molar-refractivity contribution in [2.75, 3.05) is 7.11 Å². The van der Waals surface area contributed by atoms with Crippen molar-refractivity contribution in [3.8, 4) is 0 Å². The summed E-state index contributed by atoms with van der Waals surface area (Å²) in [6.07, 6.45) is 7.40. The largest absolute Gasteiger partial charge is 0.371 e. The second-order valence-electron chi connectivity index (χ2n) is 6.18. The van der Waals surface area contributed by atoms with Crippen LogP contribution in [0.15, 0.2) is 5.38 Å². The van der Waals surface area contributed by atoms with Crippen LogP contribution in [0.2, 0.25) is 0 Å². The number of nitrogens with zero attached hydrogens (tertiary/aromatic N) is 1. The molecule has 2 aliphatic carbocycles. The van der Waals surface area contributed by atoms with Gasteiger partial charge in [0, 0.05) is 25.1 Å². The number of ether oxygens (including phenoxy) is 1. The number of thiazole rings is 1. The van der Waals surface area contributed by atoms with E-state index >= 15 is 0 Å². The van der Waals surface area contributed by atoms with Crippen LogP contribution >= 0.6 is 11.3 Å². The lowest BCUT2D eigenvalue weighted by molar-refractivity contribution is -0.0531. The van der Waals surface area contributed by atoms with Crippen LogP contribution in [0.5, 0.6) is 0 Å². The highest BCUT2D eigenvalue weighted by atomic mass is 32.1. The van der Waals surface area contributed by atoms with Gasteiger partial charge in [-0.1, -0.05) is 6.92 Å². The lowest BCUT2D eigenvalue weighted by atomic mass is 9.80. The van der Waals surface area contributed by atoms with Crippen LogP contribution in [-0.2, 0) is 16.9 Å². The van der Waals surface area contributed by atoms with Gasteiger partial charge in [0.05, 0.1) is 5.69 Å². The molecule has 19 heavy (non-hydrogen) atoms. The van der Waals surface area contributed by atoms with Crippen LogP contribution in [0.1, 0.15) is 56.2 Å². The first-order valence-corrected chi connectivity index (χ1v) is 8.33. The van der Waals surface area contributed by atoms with Gasteiger partial charge in [-0.15, -0.1) is 11.3 Å². The number of methoxy groups -OCH3 is 1. The molecule has 1 aromatic rings. The fourth-order valence-corrected chi connectivity index (χ4v) is 3.92. The zero-order valence-electron chi connectivity index (χ0n) is 11.9. The van der Waals surface area contributed by atoms with Crippen LogP contribution in [0.4, 0.5) is 0 Å². The highest BCUT2D eigenvalue weighted by Crippen LogP contribution is 2.43. The van der Waals surface area contributed by atoms with E-state index in [1.54, 1.807) is 11.3 Å². The van der Waals surface area contributed by atoms with E-state index in [-0.39, 0.29) is 5.60 Å². The van der Waals surface area contributed by atoms with E-state index in [0.29, 0.717) is 0 Å². The van der Waals surface area contributed by atoms with Crippen molar-refractivity contribution in [1.82, 2.24) is 10.3 Å². The quantitative estimate of drug-likeness (QED) is 0.897. The maximum atomic E-state index is 5.89. The second-order valence-corrected chi connectivity index (χ2v) is 7.04. The Balaban J connectivity index is 1.68. The fraction of sp³-hybridized carbons (Fsp3) is 0.800. The summed E-state index contributed by atoms with van der Waals surface area (Å²) in [5, 5.41) is 6.92. The second kappa shape index (κ2) is 5.51. The Kier molecular flexibility index (Phi) is 3.92. The van der Waals surface area contributed by atoms with Gasteiger partial charge in [-0.2, -0.15) is 0 Å². The van der Waals surface area contributed by atoms with E-state index in [2.05, 4.69) is 17.6 Å². The lowest BCUT2D eigenvalue weighted by Crippen LogP contribution is -2.33. The molecule has 3 nitrogen and oxygen atoms in total. The highest BCUT2D eigenvalue weighted by molar-refractivity contribution is 7.09. The summed E-state index contributed by atoms with van der Waals surface area (Å²) in [7, 11) is 1.85. The Bertz CT molecular complexity index is 420. The normalized spacial score (nSPS) is 31.6. The minimum absolute atomic E-state index is 0.102. The first kappa shape index (κ1) is 13.5. The predicted molar refractivity (Wildman–Crippen MR) is 78.3 cm³/mol. The van der Waals surface area contributed by atoms with E-state index in [0.717, 1.165) is 31.3 Å². The van der Waals surface area contributed by atoms with Gasteiger partial charge < -0.3 is 10.1 Å². The third kappa shape index (κ3) is 3.01. The summed E-state index contributed by atoms with van der Waals surface area (Å²) >= 11 is 1.78. The summed E-state index contributed by atoms with van der Waals surface area (Å²) < 4.78 is 5.89. The molecule has 0 aliphatic heterocycles. The number of nitrogens with one attached hydrogen (secondary N) is 1. The molecule has 2 fully saturated rings. The summed E-state index contributed by atoms with van der Waals surface area (Å²) in [6, 6.07) is 0.747. The zero-order valence-corrected chi connectivity index (χ0v) is 12.8. The summed E-state index contributed by atoms with van der Waals surface area (Å²) in [4.78, 5) is 4.83. The Labute approximate surface area is 119 Å². The molecular weight excluding hydrogens is 256 g/mol. The molecule has 2 aliphatic rings. The van der Waals surface area contributed by atoms with Gasteiger partial charge >= 0.3 is 0 Å². The monoisotopic (exact) mass is 280 g/mol. The van der Waals surface area contributed by atoms with E-state index in [1.807, 2.05) is 7.11 Å². The van der Waals surface area contributed by atoms with Crippen molar-refractivity contribution < 1.29 is 4.74 Å². The zero-order chi connectivity index (χ0) is 13.3. The standard InChI is InChI=1S/C15H24N2OS/c1-11-5-7-15(18-2,8-6-11)14-17-13(10-19-14)9-16-12-3-4-12/h10-12,16H,3-9H2,1-2H3. The maximum Gasteiger partial charge on any atom is 0.125 e. The van der Waals surface area contributed by atoms with Crippen molar-refractivity contribution in [3.05, 3.63) is 16.1 Å². The van der Waals surface area contributed by atoms with Crippen LogP contribution in [0.3, 0.4) is 0 Å². The van der Waals surface area contributed by atoms with Crippen molar-refractivity contribution in [2.45, 2.75) is 63.6 Å². The van der Waals surface area contributed by atoms with Crippen LogP contribution in [-0.4, -0.2) is 18.1 Å². The Morgan fingerprint density at radius 3 is 2.74 bits per heavy atom. The fourth-order valence-electron chi connectivity index (χ4n) is 2.87. The predicted octanol–water partition coefficient (Wildman–Crippen LogP) is 3.45.